The molecular formula is C12H20N2S. The van der Waals surface area contributed by atoms with Gasteiger partial charge in [0.1, 0.15) is 0 Å². The van der Waals surface area contributed by atoms with Gasteiger partial charge in [0.05, 0.1) is 16.7 Å². The van der Waals surface area contributed by atoms with E-state index in [2.05, 4.69) is 19.2 Å². The second kappa shape index (κ2) is 5.08. The Hall–Kier alpha value is -0.410. The quantitative estimate of drug-likeness (QED) is 0.850. The molecule has 0 saturated heterocycles. The highest BCUT2D eigenvalue weighted by molar-refractivity contribution is 7.11. The van der Waals surface area contributed by atoms with Gasteiger partial charge in [-0.1, -0.05) is 13.8 Å². The van der Waals surface area contributed by atoms with Gasteiger partial charge in [0, 0.05) is 4.88 Å². The molecule has 2 nitrogen and oxygen atoms in total. The Balaban J connectivity index is 2.14. The zero-order valence-electron chi connectivity index (χ0n) is 9.68. The summed E-state index contributed by atoms with van der Waals surface area (Å²) in [7, 11) is 0. The number of nitrogens with one attached hydrogen (secondary N) is 1. The predicted molar refractivity (Wildman–Crippen MR) is 65.5 cm³/mol. The molecule has 0 spiro atoms. The molecule has 0 aromatic carbocycles. The average molecular weight is 224 g/mol. The molecule has 1 aromatic heterocycles. The predicted octanol–water partition coefficient (Wildman–Crippen LogP) is 3.08. The second-order valence-corrected chi connectivity index (χ2v) is 5.34. The van der Waals surface area contributed by atoms with E-state index in [0.29, 0.717) is 6.04 Å². The van der Waals surface area contributed by atoms with Gasteiger partial charge in [-0.3, -0.25) is 0 Å². The van der Waals surface area contributed by atoms with Gasteiger partial charge >= 0.3 is 0 Å². The Labute approximate surface area is 96.1 Å². The van der Waals surface area contributed by atoms with E-state index in [9.17, 15) is 0 Å². The molecular weight excluding hydrogens is 204 g/mol. The Kier molecular flexibility index (Phi) is 3.76. The van der Waals surface area contributed by atoms with Crippen LogP contribution in [0.4, 0.5) is 0 Å². The smallest absolute Gasteiger partial charge is 0.0929 e. The lowest BCUT2D eigenvalue weighted by molar-refractivity contribution is 0.454. The van der Waals surface area contributed by atoms with Crippen LogP contribution >= 0.6 is 11.3 Å². The van der Waals surface area contributed by atoms with Gasteiger partial charge in [-0.15, -0.1) is 11.3 Å². The normalized spacial score (nSPS) is 20.3. The van der Waals surface area contributed by atoms with Crippen molar-refractivity contribution in [1.82, 2.24) is 10.3 Å². The fourth-order valence-corrected chi connectivity index (χ4v) is 3.25. The summed E-state index contributed by atoms with van der Waals surface area (Å²) in [4.78, 5) is 6.29. The summed E-state index contributed by atoms with van der Waals surface area (Å²) in [5.74, 6) is 0. The Bertz CT molecular complexity index is 319. The molecule has 0 saturated carbocycles. The van der Waals surface area contributed by atoms with E-state index in [1.807, 2.05) is 11.3 Å². The number of thiazole rings is 1. The third-order valence-electron chi connectivity index (χ3n) is 2.94. The van der Waals surface area contributed by atoms with E-state index in [4.69, 9.17) is 4.98 Å². The third-order valence-corrected chi connectivity index (χ3v) is 4.22. The first-order chi connectivity index (χ1) is 7.35. The highest BCUT2D eigenvalue weighted by Crippen LogP contribution is 2.33. The molecule has 2 rings (SSSR count). The monoisotopic (exact) mass is 224 g/mol. The van der Waals surface area contributed by atoms with Crippen LogP contribution in [0.15, 0.2) is 0 Å². The van der Waals surface area contributed by atoms with Crippen molar-refractivity contribution >= 4 is 11.3 Å². The minimum Gasteiger partial charge on any atom is -0.309 e. The van der Waals surface area contributed by atoms with Crippen LogP contribution in [0.1, 0.15) is 54.7 Å². The Morgan fingerprint density at radius 1 is 1.47 bits per heavy atom. The zero-order valence-corrected chi connectivity index (χ0v) is 10.5. The molecule has 84 valence electrons. The number of hydrogen-bond acceptors (Lipinski definition) is 3. The molecule has 1 aromatic rings. The van der Waals surface area contributed by atoms with Gasteiger partial charge in [-0.05, 0) is 38.6 Å². The van der Waals surface area contributed by atoms with Crippen molar-refractivity contribution in [2.75, 3.05) is 6.54 Å². The van der Waals surface area contributed by atoms with Crippen molar-refractivity contribution in [3.8, 4) is 0 Å². The summed E-state index contributed by atoms with van der Waals surface area (Å²) in [5.41, 5.74) is 1.36. The molecule has 1 heterocycles. The van der Waals surface area contributed by atoms with Crippen LogP contribution < -0.4 is 5.32 Å². The zero-order chi connectivity index (χ0) is 10.7. The summed E-state index contributed by atoms with van der Waals surface area (Å²) >= 11 is 1.92. The van der Waals surface area contributed by atoms with Crippen molar-refractivity contribution in [1.29, 1.82) is 0 Å². The number of aryl methyl sites for hydroxylation is 2. The first kappa shape index (κ1) is 11.1. The number of aromatic nitrogens is 1. The van der Waals surface area contributed by atoms with Crippen LogP contribution in [0.2, 0.25) is 0 Å². The SMILES string of the molecule is CCCNC1CCCc2sc(CC)nc21. The maximum absolute atomic E-state index is 4.76. The van der Waals surface area contributed by atoms with Crippen molar-refractivity contribution in [2.24, 2.45) is 0 Å². The maximum Gasteiger partial charge on any atom is 0.0929 e. The van der Waals surface area contributed by atoms with Crippen molar-refractivity contribution < 1.29 is 0 Å². The van der Waals surface area contributed by atoms with Gasteiger partial charge in [-0.25, -0.2) is 4.98 Å². The topological polar surface area (TPSA) is 24.9 Å². The fourth-order valence-electron chi connectivity index (χ4n) is 2.14. The maximum atomic E-state index is 4.76. The van der Waals surface area contributed by atoms with Crippen molar-refractivity contribution in [2.45, 2.75) is 52.0 Å². The lowest BCUT2D eigenvalue weighted by Gasteiger charge is -2.22. The van der Waals surface area contributed by atoms with E-state index >= 15 is 0 Å². The molecule has 0 bridgehead atoms. The van der Waals surface area contributed by atoms with E-state index in [1.165, 1.54) is 41.3 Å². The summed E-state index contributed by atoms with van der Waals surface area (Å²) < 4.78 is 0. The van der Waals surface area contributed by atoms with Crippen molar-refractivity contribution in [3.63, 3.8) is 0 Å². The highest BCUT2D eigenvalue weighted by Gasteiger charge is 2.23. The first-order valence-electron chi connectivity index (χ1n) is 6.07. The molecule has 1 N–H and O–H groups in total. The molecule has 3 heteroatoms. The van der Waals surface area contributed by atoms with Gasteiger partial charge in [-0.2, -0.15) is 0 Å². The van der Waals surface area contributed by atoms with E-state index in [1.54, 1.807) is 0 Å². The lowest BCUT2D eigenvalue weighted by Crippen LogP contribution is -2.25. The van der Waals surface area contributed by atoms with Gasteiger partial charge in [0.25, 0.3) is 0 Å². The van der Waals surface area contributed by atoms with Crippen LogP contribution in [0.25, 0.3) is 0 Å². The van der Waals surface area contributed by atoms with Crippen LogP contribution in [0, 0.1) is 0 Å². The summed E-state index contributed by atoms with van der Waals surface area (Å²) in [6, 6.07) is 0.533. The summed E-state index contributed by atoms with van der Waals surface area (Å²) in [6.45, 7) is 5.52. The van der Waals surface area contributed by atoms with Crippen molar-refractivity contribution in [3.05, 3.63) is 15.6 Å². The van der Waals surface area contributed by atoms with Crippen LogP contribution in [-0.2, 0) is 12.8 Å². The molecule has 0 amide bonds. The molecule has 1 atom stereocenters. The highest BCUT2D eigenvalue weighted by atomic mass is 32.1. The van der Waals surface area contributed by atoms with E-state index < -0.39 is 0 Å². The molecule has 15 heavy (non-hydrogen) atoms. The van der Waals surface area contributed by atoms with E-state index in [0.717, 1.165) is 13.0 Å². The number of hydrogen-bond donors (Lipinski definition) is 1. The number of rotatable bonds is 4. The fraction of sp³-hybridized carbons (Fsp3) is 0.750. The largest absolute Gasteiger partial charge is 0.309 e. The standard InChI is InChI=1S/C12H20N2S/c1-3-8-13-9-6-5-7-10-12(9)14-11(4-2)15-10/h9,13H,3-8H2,1-2H3. The molecule has 0 aliphatic heterocycles. The average Bonchev–Trinajstić information content (AvgIpc) is 2.69. The lowest BCUT2D eigenvalue weighted by atomic mass is 9.97. The Morgan fingerprint density at radius 2 is 2.33 bits per heavy atom. The summed E-state index contributed by atoms with van der Waals surface area (Å²) in [6.07, 6.45) is 6.12. The number of nitrogens with zero attached hydrogens (tertiary/aromatic N) is 1. The van der Waals surface area contributed by atoms with Gasteiger partial charge < -0.3 is 5.32 Å². The molecule has 1 aliphatic rings. The van der Waals surface area contributed by atoms with Gasteiger partial charge in [0.2, 0.25) is 0 Å². The molecule has 1 aliphatic carbocycles. The molecule has 0 radical (unpaired) electrons. The minimum absolute atomic E-state index is 0.533. The molecule has 1 unspecified atom stereocenters. The number of fused-ring (bicyclic) bond motifs is 1. The van der Waals surface area contributed by atoms with Crippen LogP contribution in [-0.4, -0.2) is 11.5 Å². The van der Waals surface area contributed by atoms with Crippen LogP contribution in [0.3, 0.4) is 0 Å². The van der Waals surface area contributed by atoms with Crippen LogP contribution in [0.5, 0.6) is 0 Å². The summed E-state index contributed by atoms with van der Waals surface area (Å²) in [5, 5.41) is 4.92. The minimum atomic E-state index is 0.533. The first-order valence-corrected chi connectivity index (χ1v) is 6.88. The Morgan fingerprint density at radius 3 is 3.07 bits per heavy atom. The van der Waals surface area contributed by atoms with Gasteiger partial charge in [0.15, 0.2) is 0 Å². The molecule has 0 fully saturated rings. The van der Waals surface area contributed by atoms with E-state index in [-0.39, 0.29) is 0 Å². The third kappa shape index (κ3) is 2.40. The second-order valence-electron chi connectivity index (χ2n) is 4.17.